The number of halogens is 2. The Morgan fingerprint density at radius 3 is 2.82 bits per heavy atom. The average Bonchev–Trinajstić information content (AvgIpc) is 2.90. The van der Waals surface area contributed by atoms with E-state index in [9.17, 15) is 9.18 Å². The zero-order valence-corrected chi connectivity index (χ0v) is 12.4. The van der Waals surface area contributed by atoms with E-state index >= 15 is 0 Å². The molecule has 112 valence electrons. The summed E-state index contributed by atoms with van der Waals surface area (Å²) in [4.78, 5) is 15.1. The minimum atomic E-state index is -0.418. The molecule has 0 saturated carbocycles. The molecule has 0 fully saturated rings. The van der Waals surface area contributed by atoms with E-state index in [0.29, 0.717) is 5.56 Å². The molecule has 5 heteroatoms. The van der Waals surface area contributed by atoms with E-state index in [0.717, 1.165) is 16.5 Å². The third kappa shape index (κ3) is 3.12. The molecular weight excluding hydrogens is 305 g/mol. The van der Waals surface area contributed by atoms with Crippen LogP contribution >= 0.6 is 11.6 Å². The van der Waals surface area contributed by atoms with Crippen molar-refractivity contribution in [1.82, 2.24) is 4.98 Å². The fourth-order valence-corrected chi connectivity index (χ4v) is 2.50. The van der Waals surface area contributed by atoms with Gasteiger partial charge in [0, 0.05) is 22.7 Å². The minimum Gasteiger partial charge on any atom is -0.460 e. The van der Waals surface area contributed by atoms with Gasteiger partial charge in [-0.05, 0) is 23.8 Å². The van der Waals surface area contributed by atoms with Crippen LogP contribution in [0.15, 0.2) is 48.7 Å². The number of H-pyrrole nitrogens is 1. The number of carbonyl (C=O) groups is 1. The quantitative estimate of drug-likeness (QED) is 0.731. The lowest BCUT2D eigenvalue weighted by molar-refractivity contribution is -0.144. The molecule has 0 aliphatic heterocycles. The summed E-state index contributed by atoms with van der Waals surface area (Å²) in [6.07, 6.45) is 1.97. The van der Waals surface area contributed by atoms with E-state index in [1.807, 2.05) is 24.3 Å². The van der Waals surface area contributed by atoms with Crippen molar-refractivity contribution in [3.63, 3.8) is 0 Å². The van der Waals surface area contributed by atoms with Crippen LogP contribution in [-0.2, 0) is 22.6 Å². The number of para-hydroxylation sites is 1. The van der Waals surface area contributed by atoms with Gasteiger partial charge in [-0.1, -0.05) is 35.9 Å². The van der Waals surface area contributed by atoms with Gasteiger partial charge in [0.15, 0.2) is 0 Å². The summed E-state index contributed by atoms with van der Waals surface area (Å²) in [6.45, 7) is 0.0281. The number of hydrogen-bond donors (Lipinski definition) is 1. The maximum atomic E-state index is 13.0. The highest BCUT2D eigenvalue weighted by Gasteiger charge is 2.11. The molecule has 2 aromatic carbocycles. The maximum absolute atomic E-state index is 13.0. The van der Waals surface area contributed by atoms with Gasteiger partial charge in [-0.15, -0.1) is 0 Å². The maximum Gasteiger partial charge on any atom is 0.310 e. The summed E-state index contributed by atoms with van der Waals surface area (Å²) in [5.41, 5.74) is 2.44. The Balaban J connectivity index is 1.65. The van der Waals surface area contributed by atoms with Crippen molar-refractivity contribution >= 4 is 28.5 Å². The highest BCUT2D eigenvalue weighted by molar-refractivity contribution is 6.31. The predicted octanol–water partition coefficient (Wildman–Crippen LogP) is 4.25. The topological polar surface area (TPSA) is 42.1 Å². The molecule has 0 aliphatic carbocycles. The number of aromatic amines is 1. The monoisotopic (exact) mass is 317 g/mol. The largest absolute Gasteiger partial charge is 0.460 e. The van der Waals surface area contributed by atoms with Crippen LogP contribution in [0.25, 0.3) is 10.9 Å². The van der Waals surface area contributed by atoms with Gasteiger partial charge >= 0.3 is 5.97 Å². The summed E-state index contributed by atoms with van der Waals surface area (Å²) in [7, 11) is 0. The van der Waals surface area contributed by atoms with Crippen LogP contribution in [0.4, 0.5) is 4.39 Å². The van der Waals surface area contributed by atoms with Crippen LogP contribution in [-0.4, -0.2) is 11.0 Å². The molecule has 1 N–H and O–H groups in total. The van der Waals surface area contributed by atoms with Crippen molar-refractivity contribution in [2.45, 2.75) is 13.0 Å². The summed E-state index contributed by atoms with van der Waals surface area (Å²) in [5.74, 6) is -0.774. The Bertz CT molecular complexity index is 828. The first-order valence-corrected chi connectivity index (χ1v) is 7.16. The third-order valence-corrected chi connectivity index (χ3v) is 3.77. The van der Waals surface area contributed by atoms with Crippen molar-refractivity contribution in [3.05, 3.63) is 70.6 Å². The third-order valence-electron chi connectivity index (χ3n) is 3.41. The number of hydrogen-bond acceptors (Lipinski definition) is 2. The lowest BCUT2D eigenvalue weighted by atomic mass is 10.1. The fraction of sp³-hybridized carbons (Fsp3) is 0.118. The summed E-state index contributed by atoms with van der Waals surface area (Å²) >= 11 is 5.90. The average molecular weight is 318 g/mol. The number of fused-ring (bicyclic) bond motifs is 1. The van der Waals surface area contributed by atoms with E-state index < -0.39 is 5.82 Å². The van der Waals surface area contributed by atoms with Crippen molar-refractivity contribution in [2.24, 2.45) is 0 Å². The summed E-state index contributed by atoms with van der Waals surface area (Å²) in [6, 6.07) is 11.7. The summed E-state index contributed by atoms with van der Waals surface area (Å²) < 4.78 is 18.2. The first-order chi connectivity index (χ1) is 10.6. The molecule has 3 nitrogen and oxygen atoms in total. The van der Waals surface area contributed by atoms with Gasteiger partial charge in [-0.2, -0.15) is 0 Å². The molecule has 22 heavy (non-hydrogen) atoms. The molecule has 0 radical (unpaired) electrons. The number of carbonyl (C=O) groups excluding carboxylic acids is 1. The van der Waals surface area contributed by atoms with Crippen molar-refractivity contribution < 1.29 is 13.9 Å². The van der Waals surface area contributed by atoms with Gasteiger partial charge in [0.2, 0.25) is 0 Å². The van der Waals surface area contributed by atoms with E-state index in [2.05, 4.69) is 4.98 Å². The molecule has 0 atom stereocenters. The SMILES string of the molecule is O=C(Cc1c[nH]c2ccccc12)OCc1ccc(F)cc1Cl. The molecule has 1 aromatic heterocycles. The van der Waals surface area contributed by atoms with Gasteiger partial charge in [-0.3, -0.25) is 4.79 Å². The van der Waals surface area contributed by atoms with Gasteiger partial charge < -0.3 is 9.72 Å². The van der Waals surface area contributed by atoms with Crippen molar-refractivity contribution in [1.29, 1.82) is 0 Å². The Kier molecular flexibility index (Phi) is 4.11. The fourth-order valence-electron chi connectivity index (χ4n) is 2.28. The van der Waals surface area contributed by atoms with Crippen LogP contribution in [0.1, 0.15) is 11.1 Å². The molecule has 0 amide bonds. The van der Waals surface area contributed by atoms with Gasteiger partial charge in [0.25, 0.3) is 0 Å². The highest BCUT2D eigenvalue weighted by Crippen LogP contribution is 2.20. The number of ether oxygens (including phenoxy) is 1. The Morgan fingerprint density at radius 2 is 2.00 bits per heavy atom. The first-order valence-electron chi connectivity index (χ1n) is 6.78. The number of nitrogens with one attached hydrogen (secondary N) is 1. The second kappa shape index (κ2) is 6.20. The predicted molar refractivity (Wildman–Crippen MR) is 83.2 cm³/mol. The molecular formula is C17H13ClFNO2. The molecule has 0 aliphatic rings. The minimum absolute atomic E-state index is 0.0281. The second-order valence-corrected chi connectivity index (χ2v) is 5.34. The van der Waals surface area contributed by atoms with Gasteiger partial charge in [0.1, 0.15) is 12.4 Å². The summed E-state index contributed by atoms with van der Waals surface area (Å²) in [5, 5.41) is 1.25. The van der Waals surface area contributed by atoms with Crippen molar-refractivity contribution in [3.8, 4) is 0 Å². The molecule has 3 rings (SSSR count). The smallest absolute Gasteiger partial charge is 0.310 e. The molecule has 1 heterocycles. The standard InChI is InChI=1S/C17H13ClFNO2/c18-15-8-13(19)6-5-11(15)10-22-17(21)7-12-9-20-16-4-2-1-3-14(12)16/h1-6,8-9,20H,7,10H2. The van der Waals surface area contributed by atoms with Gasteiger partial charge in [-0.25, -0.2) is 4.39 Å². The number of benzene rings is 2. The molecule has 0 saturated heterocycles. The Labute approximate surface area is 131 Å². The zero-order chi connectivity index (χ0) is 15.5. The van der Waals surface area contributed by atoms with E-state index in [1.165, 1.54) is 18.2 Å². The van der Waals surface area contributed by atoms with E-state index in [4.69, 9.17) is 16.3 Å². The van der Waals surface area contributed by atoms with Crippen LogP contribution in [0.5, 0.6) is 0 Å². The van der Waals surface area contributed by atoms with Crippen molar-refractivity contribution in [2.75, 3.05) is 0 Å². The molecule has 0 bridgehead atoms. The Hall–Kier alpha value is -2.33. The van der Waals surface area contributed by atoms with Crippen LogP contribution in [0, 0.1) is 5.82 Å². The lowest BCUT2D eigenvalue weighted by Crippen LogP contribution is -2.08. The molecule has 3 aromatic rings. The van der Waals surface area contributed by atoms with Crippen LogP contribution in [0.2, 0.25) is 5.02 Å². The normalized spacial score (nSPS) is 10.8. The zero-order valence-electron chi connectivity index (χ0n) is 11.6. The number of aromatic nitrogens is 1. The number of esters is 1. The number of rotatable bonds is 4. The lowest BCUT2D eigenvalue weighted by Gasteiger charge is -2.06. The van der Waals surface area contributed by atoms with Gasteiger partial charge in [0.05, 0.1) is 11.4 Å². The molecule has 0 spiro atoms. The second-order valence-electron chi connectivity index (χ2n) is 4.93. The first kappa shape index (κ1) is 14.6. The molecule has 0 unspecified atom stereocenters. The van der Waals surface area contributed by atoms with Crippen LogP contribution < -0.4 is 0 Å². The highest BCUT2D eigenvalue weighted by atomic mass is 35.5. The van der Waals surface area contributed by atoms with Crippen LogP contribution in [0.3, 0.4) is 0 Å². The Morgan fingerprint density at radius 1 is 1.18 bits per heavy atom. The van der Waals surface area contributed by atoms with E-state index in [-0.39, 0.29) is 24.0 Å². The van der Waals surface area contributed by atoms with E-state index in [1.54, 1.807) is 6.20 Å².